The quantitative estimate of drug-likeness (QED) is 0.854. The van der Waals surface area contributed by atoms with E-state index in [1.165, 1.54) is 23.3 Å². The number of halogens is 1. The molecule has 18 heavy (non-hydrogen) atoms. The van der Waals surface area contributed by atoms with Crippen molar-refractivity contribution < 1.29 is 9.50 Å². The second kappa shape index (κ2) is 4.21. The highest BCUT2D eigenvalue weighted by molar-refractivity contribution is 5.43. The lowest BCUT2D eigenvalue weighted by atomic mass is 9.72. The SMILES string of the molecule is Cc1ccc(F)cc1C(O)C1Cc2ccccc21. The van der Waals surface area contributed by atoms with Gasteiger partial charge in [0.25, 0.3) is 0 Å². The minimum Gasteiger partial charge on any atom is -0.388 e. The molecule has 0 spiro atoms. The molecule has 1 aliphatic carbocycles. The third-order valence-electron chi connectivity index (χ3n) is 3.84. The highest BCUT2D eigenvalue weighted by atomic mass is 19.1. The van der Waals surface area contributed by atoms with Gasteiger partial charge in [0.2, 0.25) is 0 Å². The Hall–Kier alpha value is -1.67. The molecule has 0 fully saturated rings. The maximum Gasteiger partial charge on any atom is 0.123 e. The zero-order chi connectivity index (χ0) is 12.7. The van der Waals surface area contributed by atoms with Crippen LogP contribution in [-0.4, -0.2) is 5.11 Å². The lowest BCUT2D eigenvalue weighted by Gasteiger charge is -2.34. The molecule has 2 heteroatoms. The summed E-state index contributed by atoms with van der Waals surface area (Å²) in [5.41, 5.74) is 4.12. The molecule has 0 radical (unpaired) electrons. The van der Waals surface area contributed by atoms with Gasteiger partial charge in [-0.2, -0.15) is 0 Å². The number of benzene rings is 2. The molecular formula is C16H15FO. The molecule has 0 bridgehead atoms. The van der Waals surface area contributed by atoms with Crippen LogP contribution in [0.2, 0.25) is 0 Å². The summed E-state index contributed by atoms with van der Waals surface area (Å²) in [6.45, 7) is 1.91. The molecule has 2 aromatic rings. The lowest BCUT2D eigenvalue weighted by Crippen LogP contribution is -2.24. The summed E-state index contributed by atoms with van der Waals surface area (Å²) in [7, 11) is 0. The molecule has 1 aliphatic rings. The smallest absolute Gasteiger partial charge is 0.123 e. The van der Waals surface area contributed by atoms with Crippen molar-refractivity contribution in [2.24, 2.45) is 0 Å². The molecule has 0 heterocycles. The number of aryl methyl sites for hydroxylation is 1. The maximum absolute atomic E-state index is 13.3. The van der Waals surface area contributed by atoms with Crippen LogP contribution in [0.15, 0.2) is 42.5 Å². The van der Waals surface area contributed by atoms with Crippen molar-refractivity contribution in [2.45, 2.75) is 25.4 Å². The number of aliphatic hydroxyl groups is 1. The van der Waals surface area contributed by atoms with E-state index in [-0.39, 0.29) is 11.7 Å². The van der Waals surface area contributed by atoms with E-state index in [9.17, 15) is 9.50 Å². The van der Waals surface area contributed by atoms with Gasteiger partial charge in [0, 0.05) is 5.92 Å². The largest absolute Gasteiger partial charge is 0.388 e. The fourth-order valence-electron chi connectivity index (χ4n) is 2.73. The molecule has 2 aromatic carbocycles. The average Bonchev–Trinajstić information content (AvgIpc) is 2.33. The van der Waals surface area contributed by atoms with Crippen LogP contribution in [0.3, 0.4) is 0 Å². The predicted octanol–water partition coefficient (Wildman–Crippen LogP) is 3.51. The zero-order valence-corrected chi connectivity index (χ0v) is 10.2. The van der Waals surface area contributed by atoms with Crippen LogP contribution in [0, 0.1) is 12.7 Å². The van der Waals surface area contributed by atoms with Gasteiger partial charge in [0.15, 0.2) is 0 Å². The first-order valence-corrected chi connectivity index (χ1v) is 6.19. The van der Waals surface area contributed by atoms with Gasteiger partial charge in [-0.1, -0.05) is 30.3 Å². The van der Waals surface area contributed by atoms with Crippen molar-refractivity contribution in [2.75, 3.05) is 0 Å². The summed E-state index contributed by atoms with van der Waals surface area (Å²) in [5, 5.41) is 10.4. The fraction of sp³-hybridized carbons (Fsp3) is 0.250. The van der Waals surface area contributed by atoms with Gasteiger partial charge in [0.05, 0.1) is 6.10 Å². The molecule has 0 aromatic heterocycles. The Morgan fingerprint density at radius 1 is 1.22 bits per heavy atom. The molecule has 2 unspecified atom stereocenters. The molecule has 2 atom stereocenters. The van der Waals surface area contributed by atoms with Gasteiger partial charge < -0.3 is 5.11 Å². The molecule has 0 saturated heterocycles. The molecule has 0 aliphatic heterocycles. The van der Waals surface area contributed by atoms with E-state index in [4.69, 9.17) is 0 Å². The Kier molecular flexibility index (Phi) is 2.67. The summed E-state index contributed by atoms with van der Waals surface area (Å²) < 4.78 is 13.3. The minimum atomic E-state index is -0.615. The Labute approximate surface area is 106 Å². The van der Waals surface area contributed by atoms with Crippen molar-refractivity contribution in [3.63, 3.8) is 0 Å². The van der Waals surface area contributed by atoms with E-state index in [1.807, 2.05) is 25.1 Å². The zero-order valence-electron chi connectivity index (χ0n) is 10.2. The summed E-state index contributed by atoms with van der Waals surface area (Å²) in [5.74, 6) is -0.191. The Morgan fingerprint density at radius 3 is 2.78 bits per heavy atom. The minimum absolute atomic E-state index is 0.0988. The van der Waals surface area contributed by atoms with Crippen molar-refractivity contribution >= 4 is 0 Å². The fourth-order valence-corrected chi connectivity index (χ4v) is 2.73. The van der Waals surface area contributed by atoms with Crippen molar-refractivity contribution in [3.8, 4) is 0 Å². The molecule has 1 nitrogen and oxygen atoms in total. The van der Waals surface area contributed by atoms with Gasteiger partial charge in [-0.05, 0) is 47.7 Å². The number of aliphatic hydroxyl groups excluding tert-OH is 1. The lowest BCUT2D eigenvalue weighted by molar-refractivity contribution is 0.133. The first-order chi connectivity index (χ1) is 8.66. The van der Waals surface area contributed by atoms with E-state index < -0.39 is 6.10 Å². The topological polar surface area (TPSA) is 20.2 Å². The van der Waals surface area contributed by atoms with E-state index in [0.29, 0.717) is 5.56 Å². The Balaban J connectivity index is 1.93. The number of hydrogen-bond donors (Lipinski definition) is 1. The molecule has 3 rings (SSSR count). The van der Waals surface area contributed by atoms with E-state index >= 15 is 0 Å². The second-order valence-electron chi connectivity index (χ2n) is 4.96. The first-order valence-electron chi connectivity index (χ1n) is 6.19. The van der Waals surface area contributed by atoms with Gasteiger partial charge in [-0.25, -0.2) is 4.39 Å². The average molecular weight is 242 g/mol. The predicted molar refractivity (Wildman–Crippen MR) is 69.0 cm³/mol. The van der Waals surface area contributed by atoms with Gasteiger partial charge in [0.1, 0.15) is 5.82 Å². The molecule has 92 valence electrons. The van der Waals surface area contributed by atoms with Crippen LogP contribution in [-0.2, 0) is 6.42 Å². The Bertz CT molecular complexity index is 591. The van der Waals surface area contributed by atoms with Crippen LogP contribution in [0.25, 0.3) is 0 Å². The van der Waals surface area contributed by atoms with E-state index in [0.717, 1.165) is 12.0 Å². The normalized spacial score (nSPS) is 18.9. The number of rotatable bonds is 2. The van der Waals surface area contributed by atoms with Crippen molar-refractivity contribution in [1.82, 2.24) is 0 Å². The van der Waals surface area contributed by atoms with Crippen LogP contribution in [0.1, 0.15) is 34.3 Å². The molecular weight excluding hydrogens is 227 g/mol. The van der Waals surface area contributed by atoms with Crippen LogP contribution in [0.4, 0.5) is 4.39 Å². The monoisotopic (exact) mass is 242 g/mol. The highest BCUT2D eigenvalue weighted by Gasteiger charge is 2.33. The molecule has 1 N–H and O–H groups in total. The van der Waals surface area contributed by atoms with Gasteiger partial charge in [-0.3, -0.25) is 0 Å². The van der Waals surface area contributed by atoms with Crippen molar-refractivity contribution in [3.05, 3.63) is 70.5 Å². The second-order valence-corrected chi connectivity index (χ2v) is 4.96. The van der Waals surface area contributed by atoms with Gasteiger partial charge in [-0.15, -0.1) is 0 Å². The highest BCUT2D eigenvalue weighted by Crippen LogP contribution is 2.43. The summed E-state index contributed by atoms with van der Waals surface area (Å²) in [4.78, 5) is 0. The summed E-state index contributed by atoms with van der Waals surface area (Å²) >= 11 is 0. The maximum atomic E-state index is 13.3. The first kappa shape index (κ1) is 11.4. The number of fused-ring (bicyclic) bond motifs is 1. The van der Waals surface area contributed by atoms with Crippen LogP contribution >= 0.6 is 0 Å². The van der Waals surface area contributed by atoms with Crippen molar-refractivity contribution in [1.29, 1.82) is 0 Å². The third kappa shape index (κ3) is 1.73. The van der Waals surface area contributed by atoms with Crippen LogP contribution in [0.5, 0.6) is 0 Å². The summed E-state index contributed by atoms with van der Waals surface area (Å²) in [6.07, 6.45) is 0.253. The third-order valence-corrected chi connectivity index (χ3v) is 3.84. The van der Waals surface area contributed by atoms with Crippen LogP contribution < -0.4 is 0 Å². The van der Waals surface area contributed by atoms with E-state index in [1.54, 1.807) is 6.07 Å². The van der Waals surface area contributed by atoms with Gasteiger partial charge >= 0.3 is 0 Å². The molecule has 0 amide bonds. The molecule has 0 saturated carbocycles. The Morgan fingerprint density at radius 2 is 2.00 bits per heavy atom. The van der Waals surface area contributed by atoms with E-state index in [2.05, 4.69) is 6.07 Å². The number of hydrogen-bond acceptors (Lipinski definition) is 1. The standard InChI is InChI=1S/C16H15FO/c1-10-6-7-12(17)9-14(10)16(18)15-8-11-4-2-3-5-13(11)15/h2-7,9,15-16,18H,8H2,1H3. The summed E-state index contributed by atoms with van der Waals surface area (Å²) in [6, 6.07) is 12.7.